The van der Waals surface area contributed by atoms with Crippen LogP contribution in [0.2, 0.25) is 0 Å². The number of nitrogens with zero attached hydrogens (tertiary/aromatic N) is 4. The Labute approximate surface area is 162 Å². The largest absolute Gasteiger partial charge is 0.378 e. The summed E-state index contributed by atoms with van der Waals surface area (Å²) in [6.45, 7) is 6.67. The summed E-state index contributed by atoms with van der Waals surface area (Å²) in [5.41, 5.74) is 0.302. The Morgan fingerprint density at radius 3 is 2.93 bits per heavy atom. The van der Waals surface area contributed by atoms with E-state index >= 15 is 0 Å². The van der Waals surface area contributed by atoms with E-state index in [1.807, 2.05) is 4.68 Å². The van der Waals surface area contributed by atoms with Crippen molar-refractivity contribution in [3.8, 4) is 0 Å². The standard InChI is InChI=1S/C20H34N6O/c1-3-21-19(24-15-8-9-18-22-14-23-26(18)13-15)25-16-12-17(27-4-2)20(16)10-6-5-7-11-20/h14-17H,3-13H2,1-2H3,(H2,21,24,25). The van der Waals surface area contributed by atoms with Gasteiger partial charge >= 0.3 is 0 Å². The molecule has 0 aromatic carbocycles. The molecular weight excluding hydrogens is 340 g/mol. The van der Waals surface area contributed by atoms with E-state index in [0.29, 0.717) is 23.6 Å². The molecule has 2 N–H and O–H groups in total. The fraction of sp³-hybridized carbons (Fsp3) is 0.850. The van der Waals surface area contributed by atoms with Crippen LogP contribution in [0.4, 0.5) is 0 Å². The Morgan fingerprint density at radius 2 is 2.15 bits per heavy atom. The number of nitrogens with one attached hydrogen (secondary N) is 2. The molecule has 150 valence electrons. The minimum atomic E-state index is 0.302. The van der Waals surface area contributed by atoms with Crippen LogP contribution in [-0.4, -0.2) is 52.1 Å². The van der Waals surface area contributed by atoms with Crippen molar-refractivity contribution >= 4 is 5.96 Å². The zero-order valence-electron chi connectivity index (χ0n) is 16.8. The molecule has 3 aliphatic rings. The van der Waals surface area contributed by atoms with Crippen LogP contribution in [0.5, 0.6) is 0 Å². The van der Waals surface area contributed by atoms with Crippen molar-refractivity contribution in [2.24, 2.45) is 10.4 Å². The van der Waals surface area contributed by atoms with Crippen LogP contribution in [-0.2, 0) is 17.7 Å². The Bertz CT molecular complexity index is 651. The van der Waals surface area contributed by atoms with Crippen molar-refractivity contribution in [1.82, 2.24) is 25.4 Å². The first-order valence-electron chi connectivity index (χ1n) is 10.8. The summed E-state index contributed by atoms with van der Waals surface area (Å²) in [4.78, 5) is 9.07. The maximum Gasteiger partial charge on any atom is 0.191 e. The summed E-state index contributed by atoms with van der Waals surface area (Å²) >= 11 is 0. The van der Waals surface area contributed by atoms with Crippen LogP contribution in [0.15, 0.2) is 11.3 Å². The van der Waals surface area contributed by atoms with Crippen molar-refractivity contribution in [3.05, 3.63) is 12.2 Å². The number of hydrogen-bond donors (Lipinski definition) is 2. The molecule has 0 bridgehead atoms. The highest BCUT2D eigenvalue weighted by Crippen LogP contribution is 2.53. The first kappa shape index (κ1) is 18.7. The summed E-state index contributed by atoms with van der Waals surface area (Å²) in [5, 5.41) is 11.8. The van der Waals surface area contributed by atoms with E-state index in [1.165, 1.54) is 32.1 Å². The summed E-state index contributed by atoms with van der Waals surface area (Å²) in [7, 11) is 0. The van der Waals surface area contributed by atoms with Crippen LogP contribution in [0, 0.1) is 5.41 Å². The number of aromatic nitrogens is 3. The van der Waals surface area contributed by atoms with E-state index in [4.69, 9.17) is 9.73 Å². The molecule has 3 unspecified atom stereocenters. The van der Waals surface area contributed by atoms with E-state index in [9.17, 15) is 0 Å². The van der Waals surface area contributed by atoms with Crippen LogP contribution < -0.4 is 10.6 Å². The molecule has 1 spiro atoms. The minimum absolute atomic E-state index is 0.302. The van der Waals surface area contributed by atoms with Gasteiger partial charge in [0.15, 0.2) is 5.96 Å². The lowest BCUT2D eigenvalue weighted by Crippen LogP contribution is -2.67. The molecule has 4 rings (SSSR count). The molecule has 1 aliphatic heterocycles. The summed E-state index contributed by atoms with van der Waals surface area (Å²) in [6, 6.07) is 0.819. The highest BCUT2D eigenvalue weighted by Gasteiger charge is 2.55. The van der Waals surface area contributed by atoms with Crippen LogP contribution in [0.25, 0.3) is 0 Å². The third-order valence-electron chi connectivity index (χ3n) is 6.71. The SMILES string of the molecule is CCN=C(NC1CCc2ncnn2C1)NC1CC(OCC)C12CCCCC2. The molecule has 0 radical (unpaired) electrons. The van der Waals surface area contributed by atoms with E-state index in [-0.39, 0.29) is 0 Å². The van der Waals surface area contributed by atoms with Crippen molar-refractivity contribution in [3.63, 3.8) is 0 Å². The second-order valence-electron chi connectivity index (χ2n) is 8.23. The number of hydrogen-bond acceptors (Lipinski definition) is 4. The van der Waals surface area contributed by atoms with Crippen LogP contribution in [0.3, 0.4) is 0 Å². The van der Waals surface area contributed by atoms with E-state index in [0.717, 1.165) is 50.7 Å². The van der Waals surface area contributed by atoms with Gasteiger partial charge in [-0.15, -0.1) is 0 Å². The number of aliphatic imine (C=N–C) groups is 1. The molecule has 0 amide bonds. The van der Waals surface area contributed by atoms with Crippen LogP contribution >= 0.6 is 0 Å². The fourth-order valence-corrected chi connectivity index (χ4v) is 5.27. The van der Waals surface area contributed by atoms with Gasteiger partial charge in [-0.05, 0) is 39.5 Å². The first-order chi connectivity index (χ1) is 13.2. The highest BCUT2D eigenvalue weighted by molar-refractivity contribution is 5.80. The van der Waals surface area contributed by atoms with Crippen molar-refractivity contribution < 1.29 is 4.74 Å². The lowest BCUT2D eigenvalue weighted by molar-refractivity contribution is -0.145. The molecule has 7 heteroatoms. The molecule has 7 nitrogen and oxygen atoms in total. The smallest absolute Gasteiger partial charge is 0.191 e. The lowest BCUT2D eigenvalue weighted by atomic mass is 9.55. The Kier molecular flexibility index (Phi) is 5.66. The van der Waals surface area contributed by atoms with Gasteiger partial charge in [0.25, 0.3) is 0 Å². The average Bonchev–Trinajstić information content (AvgIpc) is 3.16. The quantitative estimate of drug-likeness (QED) is 0.611. The molecule has 2 aliphatic carbocycles. The molecule has 2 saturated carbocycles. The fourth-order valence-electron chi connectivity index (χ4n) is 5.27. The van der Waals surface area contributed by atoms with Gasteiger partial charge in [-0.3, -0.25) is 4.99 Å². The van der Waals surface area contributed by atoms with Gasteiger partial charge in [0.2, 0.25) is 0 Å². The molecule has 2 heterocycles. The number of fused-ring (bicyclic) bond motifs is 1. The summed E-state index contributed by atoms with van der Waals surface area (Å²) in [5.74, 6) is 2.05. The maximum absolute atomic E-state index is 6.10. The number of ether oxygens (including phenoxy) is 1. The maximum atomic E-state index is 6.10. The van der Waals surface area contributed by atoms with Gasteiger partial charge in [0.05, 0.1) is 12.6 Å². The molecule has 1 aromatic rings. The van der Waals surface area contributed by atoms with Crippen molar-refractivity contribution in [2.75, 3.05) is 13.2 Å². The van der Waals surface area contributed by atoms with Gasteiger partial charge in [-0.25, -0.2) is 9.67 Å². The molecule has 2 fully saturated rings. The third kappa shape index (κ3) is 3.71. The lowest BCUT2D eigenvalue weighted by Gasteiger charge is -2.58. The zero-order chi connectivity index (χ0) is 18.7. The van der Waals surface area contributed by atoms with E-state index < -0.39 is 0 Å². The predicted octanol–water partition coefficient (Wildman–Crippen LogP) is 2.28. The number of rotatable bonds is 5. The predicted molar refractivity (Wildman–Crippen MR) is 106 cm³/mol. The third-order valence-corrected chi connectivity index (χ3v) is 6.71. The highest BCUT2D eigenvalue weighted by atomic mass is 16.5. The van der Waals surface area contributed by atoms with Gasteiger partial charge in [-0.2, -0.15) is 5.10 Å². The topological polar surface area (TPSA) is 76.4 Å². The van der Waals surface area contributed by atoms with Gasteiger partial charge in [-0.1, -0.05) is 19.3 Å². The molecular formula is C20H34N6O. The summed E-state index contributed by atoms with van der Waals surface area (Å²) < 4.78 is 8.12. The van der Waals surface area contributed by atoms with Gasteiger partial charge in [0, 0.05) is 37.1 Å². The van der Waals surface area contributed by atoms with Crippen molar-refractivity contribution in [2.45, 2.75) is 89.9 Å². The van der Waals surface area contributed by atoms with Gasteiger partial charge < -0.3 is 15.4 Å². The number of guanidine groups is 1. The molecule has 3 atom stereocenters. The Hall–Kier alpha value is -1.63. The molecule has 0 saturated heterocycles. The molecule has 1 aromatic heterocycles. The monoisotopic (exact) mass is 374 g/mol. The second kappa shape index (κ2) is 8.17. The van der Waals surface area contributed by atoms with Gasteiger partial charge in [0.1, 0.15) is 12.2 Å². The first-order valence-corrected chi connectivity index (χ1v) is 10.8. The van der Waals surface area contributed by atoms with Crippen LogP contribution in [0.1, 0.15) is 64.6 Å². The van der Waals surface area contributed by atoms with Crippen molar-refractivity contribution in [1.29, 1.82) is 0 Å². The van der Waals surface area contributed by atoms with E-state index in [1.54, 1.807) is 6.33 Å². The normalized spacial score (nSPS) is 29.9. The minimum Gasteiger partial charge on any atom is -0.378 e. The second-order valence-corrected chi connectivity index (χ2v) is 8.23. The zero-order valence-corrected chi connectivity index (χ0v) is 16.8. The summed E-state index contributed by atoms with van der Waals surface area (Å²) in [6.07, 6.45) is 11.8. The van der Waals surface area contributed by atoms with E-state index in [2.05, 4.69) is 34.6 Å². The number of aryl methyl sites for hydroxylation is 1. The molecule has 27 heavy (non-hydrogen) atoms. The average molecular weight is 375 g/mol. The Balaban J connectivity index is 1.40. The Morgan fingerprint density at radius 1 is 1.30 bits per heavy atom.